The summed E-state index contributed by atoms with van der Waals surface area (Å²) in [6, 6.07) is 21.8. The highest BCUT2D eigenvalue weighted by molar-refractivity contribution is 5.97. The molecule has 0 spiro atoms. The van der Waals surface area contributed by atoms with Crippen molar-refractivity contribution < 1.29 is 0 Å². The number of fused-ring (bicyclic) bond motifs is 2. The molecule has 0 N–H and O–H groups in total. The van der Waals surface area contributed by atoms with E-state index < -0.39 is 0 Å². The average molecular weight is 285 g/mol. The van der Waals surface area contributed by atoms with Crippen molar-refractivity contribution in [1.29, 1.82) is 0 Å². The van der Waals surface area contributed by atoms with Gasteiger partial charge in [0.05, 0.1) is 0 Å². The van der Waals surface area contributed by atoms with E-state index in [1.807, 2.05) is 0 Å². The second-order valence-electron chi connectivity index (χ2n) is 5.97. The summed E-state index contributed by atoms with van der Waals surface area (Å²) in [5.74, 6) is 0. The highest BCUT2D eigenvalue weighted by Gasteiger charge is 2.09. The van der Waals surface area contributed by atoms with Crippen LogP contribution in [0.5, 0.6) is 0 Å². The summed E-state index contributed by atoms with van der Waals surface area (Å²) >= 11 is 0. The van der Waals surface area contributed by atoms with Gasteiger partial charge in [0.15, 0.2) is 0 Å². The van der Waals surface area contributed by atoms with Gasteiger partial charge < -0.3 is 0 Å². The molecule has 108 valence electrons. The molecule has 4 rings (SSSR count). The van der Waals surface area contributed by atoms with Crippen LogP contribution < -0.4 is 10.4 Å². The summed E-state index contributed by atoms with van der Waals surface area (Å²) in [5.41, 5.74) is 2.66. The maximum absolute atomic E-state index is 2.37. The lowest BCUT2D eigenvalue weighted by atomic mass is 9.94. The Balaban J connectivity index is 2.18. The number of benzene rings is 3. The minimum Gasteiger partial charge on any atom is -0.299 e. The number of hydrogen-bond donors (Lipinski definition) is 0. The van der Waals surface area contributed by atoms with E-state index in [1.54, 1.807) is 0 Å². The van der Waals surface area contributed by atoms with E-state index in [1.165, 1.54) is 32.3 Å². The molecule has 1 heteroatoms. The molecule has 0 aliphatic carbocycles. The van der Waals surface area contributed by atoms with E-state index in [0.29, 0.717) is 0 Å². The van der Waals surface area contributed by atoms with E-state index in [-0.39, 0.29) is 0 Å². The Bertz CT molecular complexity index is 939. The van der Waals surface area contributed by atoms with Crippen LogP contribution in [0.4, 0.5) is 0 Å². The van der Waals surface area contributed by atoms with Gasteiger partial charge in [0.25, 0.3) is 0 Å². The Morgan fingerprint density at radius 1 is 0.818 bits per heavy atom. The minimum atomic E-state index is 0.988. The first kappa shape index (κ1) is 13.3. The summed E-state index contributed by atoms with van der Waals surface area (Å²) in [6.45, 7) is 1.98. The molecule has 0 fully saturated rings. The largest absolute Gasteiger partial charge is 0.299 e. The van der Waals surface area contributed by atoms with Gasteiger partial charge in [-0.3, -0.25) is 4.90 Å². The topological polar surface area (TPSA) is 3.24 Å². The Morgan fingerprint density at radius 2 is 1.55 bits per heavy atom. The van der Waals surface area contributed by atoms with E-state index >= 15 is 0 Å². The van der Waals surface area contributed by atoms with Gasteiger partial charge in [-0.15, -0.1) is 0 Å². The predicted molar refractivity (Wildman–Crippen MR) is 95.1 cm³/mol. The van der Waals surface area contributed by atoms with E-state index in [2.05, 4.69) is 84.8 Å². The molecular formula is C21H19N. The fourth-order valence-corrected chi connectivity index (χ4v) is 3.27. The lowest BCUT2D eigenvalue weighted by molar-refractivity contribution is 0.434. The summed E-state index contributed by atoms with van der Waals surface area (Å²) in [5, 5.41) is 5.37. The average Bonchev–Trinajstić information content (AvgIpc) is 2.75. The van der Waals surface area contributed by atoms with E-state index in [0.717, 1.165) is 13.1 Å². The molecule has 0 atom stereocenters. The number of nitrogens with zero attached hydrogens (tertiary/aromatic N) is 1. The van der Waals surface area contributed by atoms with Crippen LogP contribution in [-0.4, -0.2) is 25.0 Å². The Morgan fingerprint density at radius 3 is 2.41 bits per heavy atom. The fraction of sp³-hybridized carbons (Fsp3) is 0.143. The quantitative estimate of drug-likeness (QED) is 0.664. The third kappa shape index (κ3) is 2.24. The number of hydrogen-bond acceptors (Lipinski definition) is 1. The molecule has 3 aromatic rings. The second-order valence-corrected chi connectivity index (χ2v) is 5.97. The van der Waals surface area contributed by atoms with Crippen molar-refractivity contribution in [3.8, 4) is 11.1 Å². The van der Waals surface area contributed by atoms with Crippen molar-refractivity contribution in [2.75, 3.05) is 20.1 Å². The molecule has 1 heterocycles. The van der Waals surface area contributed by atoms with Crippen molar-refractivity contribution in [2.45, 2.75) is 0 Å². The summed E-state index contributed by atoms with van der Waals surface area (Å²) in [6.07, 6.45) is 4.71. The van der Waals surface area contributed by atoms with Crippen molar-refractivity contribution in [2.24, 2.45) is 0 Å². The monoisotopic (exact) mass is 285 g/mol. The highest BCUT2D eigenvalue weighted by Crippen LogP contribution is 2.24. The summed E-state index contributed by atoms with van der Waals surface area (Å²) < 4.78 is 0. The van der Waals surface area contributed by atoms with Crippen LogP contribution in [0.25, 0.3) is 34.1 Å². The first-order chi connectivity index (χ1) is 10.8. The number of rotatable bonds is 1. The van der Waals surface area contributed by atoms with Crippen LogP contribution in [0, 0.1) is 0 Å². The highest BCUT2D eigenvalue weighted by atomic mass is 15.1. The van der Waals surface area contributed by atoms with Gasteiger partial charge in [-0.2, -0.15) is 0 Å². The van der Waals surface area contributed by atoms with Gasteiger partial charge in [-0.05, 0) is 45.5 Å². The van der Waals surface area contributed by atoms with Crippen LogP contribution in [0.1, 0.15) is 0 Å². The molecule has 0 aromatic heterocycles. The van der Waals surface area contributed by atoms with Crippen LogP contribution in [-0.2, 0) is 0 Å². The van der Waals surface area contributed by atoms with Gasteiger partial charge in [-0.25, -0.2) is 0 Å². The third-order valence-electron chi connectivity index (χ3n) is 4.41. The predicted octanol–water partition coefficient (Wildman–Crippen LogP) is 3.01. The van der Waals surface area contributed by atoms with Gasteiger partial charge in [-0.1, -0.05) is 66.7 Å². The zero-order chi connectivity index (χ0) is 14.9. The molecule has 0 saturated carbocycles. The molecule has 0 bridgehead atoms. The molecule has 0 amide bonds. The smallest absolute Gasteiger partial charge is 0.0172 e. The van der Waals surface area contributed by atoms with Crippen molar-refractivity contribution >= 4 is 22.9 Å². The molecule has 0 radical (unpaired) electrons. The molecule has 1 aliphatic rings. The Hall–Kier alpha value is -2.38. The summed E-state index contributed by atoms with van der Waals surface area (Å²) in [4.78, 5) is 2.33. The Kier molecular flexibility index (Phi) is 3.28. The summed E-state index contributed by atoms with van der Waals surface area (Å²) in [7, 11) is 2.17. The van der Waals surface area contributed by atoms with Gasteiger partial charge in [0.2, 0.25) is 0 Å². The zero-order valence-corrected chi connectivity index (χ0v) is 12.8. The molecule has 22 heavy (non-hydrogen) atoms. The van der Waals surface area contributed by atoms with E-state index in [9.17, 15) is 0 Å². The zero-order valence-electron chi connectivity index (χ0n) is 12.8. The second kappa shape index (κ2) is 5.43. The van der Waals surface area contributed by atoms with Crippen LogP contribution in [0.15, 0.2) is 60.7 Å². The fourth-order valence-electron chi connectivity index (χ4n) is 3.27. The van der Waals surface area contributed by atoms with Gasteiger partial charge in [0, 0.05) is 13.1 Å². The first-order valence-electron chi connectivity index (χ1n) is 7.79. The lowest BCUT2D eigenvalue weighted by Gasteiger charge is -2.10. The molecule has 0 saturated heterocycles. The molecule has 3 aromatic carbocycles. The molecule has 1 nitrogen and oxygen atoms in total. The maximum atomic E-state index is 2.37. The van der Waals surface area contributed by atoms with Crippen LogP contribution in [0.2, 0.25) is 0 Å². The first-order valence-corrected chi connectivity index (χ1v) is 7.79. The Labute approximate surface area is 130 Å². The minimum absolute atomic E-state index is 0.988. The van der Waals surface area contributed by atoms with Crippen molar-refractivity contribution in [3.63, 3.8) is 0 Å². The lowest BCUT2D eigenvalue weighted by Crippen LogP contribution is -2.27. The van der Waals surface area contributed by atoms with E-state index in [4.69, 9.17) is 0 Å². The van der Waals surface area contributed by atoms with Gasteiger partial charge >= 0.3 is 0 Å². The maximum Gasteiger partial charge on any atom is 0.0172 e. The van der Waals surface area contributed by atoms with Gasteiger partial charge in [0.1, 0.15) is 0 Å². The standard InChI is InChI=1S/C21H19N/c1-22-13-11-18-15-17-9-5-6-10-19(17)21(20(18)12-14-22)16-7-3-2-4-8-16/h2-12,15H,13-14H2,1H3. The molecule has 0 unspecified atom stereocenters. The SMILES string of the molecule is CN1CC=c2cc3ccccc3c(-c3ccccc3)c2=CC1. The molecule has 1 aliphatic heterocycles. The molecular weight excluding hydrogens is 266 g/mol. The van der Waals surface area contributed by atoms with Crippen molar-refractivity contribution in [1.82, 2.24) is 4.90 Å². The van der Waals surface area contributed by atoms with Crippen molar-refractivity contribution in [3.05, 3.63) is 71.1 Å². The van der Waals surface area contributed by atoms with Crippen LogP contribution >= 0.6 is 0 Å². The third-order valence-corrected chi connectivity index (χ3v) is 4.41. The normalized spacial score (nSPS) is 14.8. The van der Waals surface area contributed by atoms with Crippen LogP contribution in [0.3, 0.4) is 0 Å².